The zero-order valence-electron chi connectivity index (χ0n) is 14.2. The first-order valence-corrected chi connectivity index (χ1v) is 7.70. The summed E-state index contributed by atoms with van der Waals surface area (Å²) in [5, 5.41) is 11.1. The highest BCUT2D eigenvalue weighted by Gasteiger charge is 2.26. The monoisotopic (exact) mass is 338 g/mol. The summed E-state index contributed by atoms with van der Waals surface area (Å²) in [6, 6.07) is 9.41. The number of carbonyl (C=O) groups excluding carboxylic acids is 1. The number of hydrogen-bond donors (Lipinski definition) is 1. The lowest BCUT2D eigenvalue weighted by Gasteiger charge is -2.13. The van der Waals surface area contributed by atoms with Gasteiger partial charge in [-0.05, 0) is 24.6 Å². The number of ether oxygens (including phenoxy) is 2. The first-order chi connectivity index (χ1) is 12.1. The maximum atomic E-state index is 12.7. The van der Waals surface area contributed by atoms with Crippen LogP contribution < -0.4 is 9.47 Å². The van der Waals surface area contributed by atoms with Gasteiger partial charge in [0.05, 0.1) is 25.9 Å². The highest BCUT2D eigenvalue weighted by molar-refractivity contribution is 6.15. The summed E-state index contributed by atoms with van der Waals surface area (Å²) >= 11 is 0. The number of hydrogen-bond acceptors (Lipinski definition) is 5. The fourth-order valence-corrected chi connectivity index (χ4v) is 2.69. The molecule has 0 atom stereocenters. The molecule has 1 heterocycles. The molecule has 25 heavy (non-hydrogen) atoms. The number of phenols is 1. The summed E-state index contributed by atoms with van der Waals surface area (Å²) in [7, 11) is 2.84. The standard InChI is InChI=1S/C20H18O5/c1-12-4-6-13(7-5-12)8-9-15(21)16-17(22)20(24-3)19-14(10-11-25-19)18(16)23-2/h4-11,22H,1-3H3. The van der Waals surface area contributed by atoms with E-state index in [9.17, 15) is 9.90 Å². The number of ketones is 1. The summed E-state index contributed by atoms with van der Waals surface area (Å²) in [6.45, 7) is 1.99. The molecular weight excluding hydrogens is 320 g/mol. The van der Waals surface area contributed by atoms with E-state index in [-0.39, 0.29) is 22.8 Å². The van der Waals surface area contributed by atoms with Gasteiger partial charge in [-0.1, -0.05) is 35.9 Å². The number of fused-ring (bicyclic) bond motifs is 1. The third-order valence-corrected chi connectivity index (χ3v) is 3.95. The van der Waals surface area contributed by atoms with Crippen molar-refractivity contribution >= 4 is 22.8 Å². The minimum atomic E-state index is -0.392. The van der Waals surface area contributed by atoms with Crippen LogP contribution >= 0.6 is 0 Å². The molecule has 0 radical (unpaired) electrons. The van der Waals surface area contributed by atoms with E-state index >= 15 is 0 Å². The molecule has 5 nitrogen and oxygen atoms in total. The smallest absolute Gasteiger partial charge is 0.205 e. The van der Waals surface area contributed by atoms with Gasteiger partial charge in [0.1, 0.15) is 11.3 Å². The van der Waals surface area contributed by atoms with Gasteiger partial charge in [-0.2, -0.15) is 0 Å². The van der Waals surface area contributed by atoms with Crippen LogP contribution in [0.4, 0.5) is 0 Å². The third kappa shape index (κ3) is 2.96. The van der Waals surface area contributed by atoms with E-state index in [1.54, 1.807) is 12.1 Å². The van der Waals surface area contributed by atoms with Crippen LogP contribution in [0.3, 0.4) is 0 Å². The van der Waals surface area contributed by atoms with Crippen LogP contribution in [-0.4, -0.2) is 25.1 Å². The van der Waals surface area contributed by atoms with Gasteiger partial charge >= 0.3 is 0 Å². The third-order valence-electron chi connectivity index (χ3n) is 3.95. The number of aryl methyl sites for hydroxylation is 1. The maximum Gasteiger partial charge on any atom is 0.205 e. The molecule has 2 aromatic carbocycles. The molecule has 1 N–H and O–H groups in total. The molecule has 0 fully saturated rings. The highest BCUT2D eigenvalue weighted by Crippen LogP contribution is 2.45. The normalized spacial score (nSPS) is 11.2. The van der Waals surface area contributed by atoms with Gasteiger partial charge in [-0.25, -0.2) is 0 Å². The number of carbonyl (C=O) groups is 1. The van der Waals surface area contributed by atoms with Gasteiger partial charge in [0, 0.05) is 0 Å². The molecule has 0 saturated heterocycles. The number of allylic oxidation sites excluding steroid dienone is 1. The van der Waals surface area contributed by atoms with E-state index in [4.69, 9.17) is 13.9 Å². The number of furan rings is 1. The molecule has 3 aromatic rings. The molecule has 0 aliphatic carbocycles. The SMILES string of the molecule is COc1c(C(=O)C=Cc2ccc(C)cc2)c(O)c(OC)c2occc12. The van der Waals surface area contributed by atoms with Crippen molar-refractivity contribution in [2.24, 2.45) is 0 Å². The number of methoxy groups -OCH3 is 2. The second kappa shape index (κ2) is 6.73. The Kier molecular flexibility index (Phi) is 4.48. The fraction of sp³-hybridized carbons (Fsp3) is 0.150. The molecule has 0 spiro atoms. The molecule has 128 valence electrons. The Morgan fingerprint density at radius 2 is 1.76 bits per heavy atom. The first kappa shape index (κ1) is 16.6. The average molecular weight is 338 g/mol. The Hall–Kier alpha value is -3.21. The zero-order valence-corrected chi connectivity index (χ0v) is 14.2. The molecule has 1 aromatic heterocycles. The molecule has 0 aliphatic heterocycles. The molecule has 0 amide bonds. The minimum absolute atomic E-state index is 0.0385. The van der Waals surface area contributed by atoms with E-state index in [0.29, 0.717) is 11.0 Å². The predicted octanol–water partition coefficient (Wildman–Crippen LogP) is 4.36. The molecule has 0 aliphatic rings. The first-order valence-electron chi connectivity index (χ1n) is 7.70. The van der Waals surface area contributed by atoms with Crippen molar-refractivity contribution in [3.8, 4) is 17.2 Å². The van der Waals surface area contributed by atoms with Gasteiger partial charge in [0.15, 0.2) is 17.1 Å². The summed E-state index contributed by atoms with van der Waals surface area (Å²) in [4.78, 5) is 12.7. The van der Waals surface area contributed by atoms with Gasteiger partial charge in [0.2, 0.25) is 5.75 Å². The van der Waals surface area contributed by atoms with Crippen LogP contribution in [0.25, 0.3) is 17.0 Å². The van der Waals surface area contributed by atoms with Crippen LogP contribution in [-0.2, 0) is 0 Å². The quantitative estimate of drug-likeness (QED) is 0.553. The van der Waals surface area contributed by atoms with Crippen molar-refractivity contribution in [2.45, 2.75) is 6.92 Å². The highest BCUT2D eigenvalue weighted by atomic mass is 16.5. The van der Waals surface area contributed by atoms with E-state index in [0.717, 1.165) is 11.1 Å². The zero-order chi connectivity index (χ0) is 18.0. The summed E-state index contributed by atoms with van der Waals surface area (Å²) in [6.07, 6.45) is 4.53. The van der Waals surface area contributed by atoms with Crippen LogP contribution in [0.5, 0.6) is 17.2 Å². The van der Waals surface area contributed by atoms with Crippen molar-refractivity contribution in [2.75, 3.05) is 14.2 Å². The number of rotatable bonds is 5. The molecule has 3 rings (SSSR count). The summed E-state index contributed by atoms with van der Waals surface area (Å²) in [5.74, 6) is -0.342. The second-order valence-corrected chi connectivity index (χ2v) is 5.56. The lowest BCUT2D eigenvalue weighted by molar-refractivity contribution is 0.104. The molecule has 0 bridgehead atoms. The molecule has 5 heteroatoms. The number of benzene rings is 2. The second-order valence-electron chi connectivity index (χ2n) is 5.56. The van der Waals surface area contributed by atoms with Crippen LogP contribution in [0.2, 0.25) is 0 Å². The Bertz CT molecular complexity index is 948. The molecule has 0 unspecified atom stereocenters. The van der Waals surface area contributed by atoms with Gasteiger partial charge in [-0.3, -0.25) is 4.79 Å². The van der Waals surface area contributed by atoms with E-state index in [1.165, 1.54) is 26.6 Å². The van der Waals surface area contributed by atoms with E-state index in [1.807, 2.05) is 31.2 Å². The topological polar surface area (TPSA) is 68.9 Å². The van der Waals surface area contributed by atoms with Crippen molar-refractivity contribution in [3.63, 3.8) is 0 Å². The van der Waals surface area contributed by atoms with Crippen molar-refractivity contribution in [1.29, 1.82) is 0 Å². The fourth-order valence-electron chi connectivity index (χ4n) is 2.69. The average Bonchev–Trinajstić information content (AvgIpc) is 3.09. The van der Waals surface area contributed by atoms with E-state index in [2.05, 4.69) is 0 Å². The van der Waals surface area contributed by atoms with Gasteiger partial charge in [-0.15, -0.1) is 0 Å². The Morgan fingerprint density at radius 1 is 1.08 bits per heavy atom. The van der Waals surface area contributed by atoms with Crippen molar-refractivity contribution in [1.82, 2.24) is 0 Å². The number of phenolic OH excluding ortho intramolecular Hbond substituents is 1. The van der Waals surface area contributed by atoms with E-state index < -0.39 is 5.78 Å². The van der Waals surface area contributed by atoms with Crippen LogP contribution in [0.15, 0.2) is 47.1 Å². The summed E-state index contributed by atoms with van der Waals surface area (Å²) in [5.41, 5.74) is 2.39. The van der Waals surface area contributed by atoms with Crippen molar-refractivity contribution < 1.29 is 23.8 Å². The Labute approximate surface area is 145 Å². The lowest BCUT2D eigenvalue weighted by Crippen LogP contribution is -2.02. The van der Waals surface area contributed by atoms with Crippen molar-refractivity contribution in [3.05, 3.63) is 59.4 Å². The molecular formula is C20H18O5. The Morgan fingerprint density at radius 3 is 2.40 bits per heavy atom. The maximum absolute atomic E-state index is 12.7. The predicted molar refractivity (Wildman–Crippen MR) is 95.5 cm³/mol. The lowest BCUT2D eigenvalue weighted by atomic mass is 10.0. The Balaban J connectivity index is 2.09. The number of aromatic hydroxyl groups is 1. The van der Waals surface area contributed by atoms with Gasteiger partial charge < -0.3 is 19.0 Å². The molecule has 0 saturated carbocycles. The van der Waals surface area contributed by atoms with Crippen LogP contribution in [0.1, 0.15) is 21.5 Å². The largest absolute Gasteiger partial charge is 0.504 e. The van der Waals surface area contributed by atoms with Crippen LogP contribution in [0, 0.1) is 6.92 Å². The summed E-state index contributed by atoms with van der Waals surface area (Å²) < 4.78 is 15.9. The minimum Gasteiger partial charge on any atom is -0.504 e. The van der Waals surface area contributed by atoms with Gasteiger partial charge in [0.25, 0.3) is 0 Å².